The maximum absolute atomic E-state index is 12.8. The zero-order chi connectivity index (χ0) is 14.5. The van der Waals surface area contributed by atoms with Gasteiger partial charge in [-0.3, -0.25) is 0 Å². The molecule has 0 aliphatic rings. The number of rotatable bonds is 3. The summed E-state index contributed by atoms with van der Waals surface area (Å²) in [5, 5.41) is 4.00. The Labute approximate surface area is 112 Å². The second-order valence-electron chi connectivity index (χ2n) is 5.03. The Kier molecular flexibility index (Phi) is 5.03. The van der Waals surface area contributed by atoms with Crippen LogP contribution in [0.15, 0.2) is 29.4 Å². The molecule has 0 spiro atoms. The molecule has 0 heterocycles. The number of benzene rings is 1. The number of hydrogen-bond donors (Lipinski definition) is 1. The number of ether oxygens (including phenoxy) is 1. The van der Waals surface area contributed by atoms with Crippen molar-refractivity contribution in [2.24, 2.45) is 5.10 Å². The SMILES string of the molecule is CC/C(=N\NC(=O)OC(C)(C)C)c1ccc(F)cc1. The Morgan fingerprint density at radius 3 is 2.37 bits per heavy atom. The molecule has 0 saturated carbocycles. The van der Waals surface area contributed by atoms with E-state index in [1.807, 2.05) is 6.92 Å². The average molecular weight is 266 g/mol. The van der Waals surface area contributed by atoms with E-state index in [4.69, 9.17) is 4.74 Å². The van der Waals surface area contributed by atoms with Crippen LogP contribution in [0.25, 0.3) is 0 Å². The van der Waals surface area contributed by atoms with Crippen LogP contribution in [0, 0.1) is 5.82 Å². The van der Waals surface area contributed by atoms with Gasteiger partial charge in [-0.2, -0.15) is 5.10 Å². The Balaban J connectivity index is 2.72. The summed E-state index contributed by atoms with van der Waals surface area (Å²) in [6.45, 7) is 7.23. The maximum Gasteiger partial charge on any atom is 0.428 e. The van der Waals surface area contributed by atoms with Crippen molar-refractivity contribution in [2.75, 3.05) is 0 Å². The molecule has 1 amide bonds. The van der Waals surface area contributed by atoms with E-state index < -0.39 is 11.7 Å². The standard InChI is InChI=1S/C14H19FN2O2/c1-5-12(10-6-8-11(15)9-7-10)16-17-13(18)19-14(2,3)4/h6-9H,5H2,1-4H3,(H,17,18)/b16-12+. The van der Waals surface area contributed by atoms with Gasteiger partial charge in [0.25, 0.3) is 0 Å². The molecule has 0 saturated heterocycles. The Morgan fingerprint density at radius 2 is 1.89 bits per heavy atom. The van der Waals surface area contributed by atoms with E-state index in [1.165, 1.54) is 12.1 Å². The number of hydrogen-bond acceptors (Lipinski definition) is 3. The van der Waals surface area contributed by atoms with Crippen molar-refractivity contribution in [1.82, 2.24) is 5.43 Å². The molecule has 5 heteroatoms. The molecule has 4 nitrogen and oxygen atoms in total. The van der Waals surface area contributed by atoms with Crippen LogP contribution in [-0.2, 0) is 4.74 Å². The van der Waals surface area contributed by atoms with Crippen LogP contribution in [0.2, 0.25) is 0 Å². The molecule has 0 radical (unpaired) electrons. The molecule has 0 bridgehead atoms. The molecule has 0 aliphatic carbocycles. The molecular formula is C14H19FN2O2. The van der Waals surface area contributed by atoms with Crippen LogP contribution in [0.1, 0.15) is 39.7 Å². The Hall–Kier alpha value is -1.91. The highest BCUT2D eigenvalue weighted by atomic mass is 19.1. The summed E-state index contributed by atoms with van der Waals surface area (Å²) in [5.41, 5.74) is 3.19. The van der Waals surface area contributed by atoms with Gasteiger partial charge < -0.3 is 4.74 Å². The summed E-state index contributed by atoms with van der Waals surface area (Å²) in [6.07, 6.45) is 0.00194. The predicted octanol–water partition coefficient (Wildman–Crippen LogP) is 3.46. The second kappa shape index (κ2) is 6.31. The van der Waals surface area contributed by atoms with Gasteiger partial charge in [0, 0.05) is 0 Å². The van der Waals surface area contributed by atoms with Crippen molar-refractivity contribution in [2.45, 2.75) is 39.7 Å². The fourth-order valence-electron chi connectivity index (χ4n) is 1.40. The molecule has 1 aromatic carbocycles. The van der Waals surface area contributed by atoms with Crippen LogP contribution in [0.4, 0.5) is 9.18 Å². The van der Waals surface area contributed by atoms with Crippen LogP contribution < -0.4 is 5.43 Å². The molecular weight excluding hydrogens is 247 g/mol. The molecule has 1 N–H and O–H groups in total. The highest BCUT2D eigenvalue weighted by Crippen LogP contribution is 2.08. The van der Waals surface area contributed by atoms with Crippen molar-refractivity contribution in [3.63, 3.8) is 0 Å². The van der Waals surface area contributed by atoms with E-state index in [0.29, 0.717) is 12.1 Å². The van der Waals surface area contributed by atoms with Crippen molar-refractivity contribution < 1.29 is 13.9 Å². The van der Waals surface area contributed by atoms with E-state index in [2.05, 4.69) is 10.5 Å². The van der Waals surface area contributed by atoms with Gasteiger partial charge in [-0.15, -0.1) is 0 Å². The molecule has 1 rings (SSSR count). The second-order valence-corrected chi connectivity index (χ2v) is 5.03. The number of carbonyl (C=O) groups excluding carboxylic acids is 1. The fourth-order valence-corrected chi connectivity index (χ4v) is 1.40. The molecule has 19 heavy (non-hydrogen) atoms. The monoisotopic (exact) mass is 266 g/mol. The lowest BCUT2D eigenvalue weighted by atomic mass is 10.1. The highest BCUT2D eigenvalue weighted by Gasteiger charge is 2.15. The van der Waals surface area contributed by atoms with Gasteiger partial charge in [0.2, 0.25) is 0 Å². The van der Waals surface area contributed by atoms with Gasteiger partial charge in [-0.1, -0.05) is 19.1 Å². The largest absolute Gasteiger partial charge is 0.443 e. The number of nitrogens with zero attached hydrogens (tertiary/aromatic N) is 1. The van der Waals surface area contributed by atoms with E-state index in [9.17, 15) is 9.18 Å². The molecule has 0 atom stereocenters. The summed E-state index contributed by atoms with van der Waals surface area (Å²) in [5.74, 6) is -0.306. The first-order valence-electron chi connectivity index (χ1n) is 6.13. The minimum Gasteiger partial charge on any atom is -0.443 e. The fraction of sp³-hybridized carbons (Fsp3) is 0.429. The van der Waals surface area contributed by atoms with Crippen LogP contribution >= 0.6 is 0 Å². The molecule has 0 fully saturated rings. The first-order valence-corrected chi connectivity index (χ1v) is 6.13. The molecule has 0 aromatic heterocycles. The molecule has 0 unspecified atom stereocenters. The van der Waals surface area contributed by atoms with Gasteiger partial charge in [-0.25, -0.2) is 14.6 Å². The normalized spacial score (nSPS) is 12.2. The van der Waals surface area contributed by atoms with Crippen molar-refractivity contribution in [3.05, 3.63) is 35.6 Å². The quantitative estimate of drug-likeness (QED) is 0.672. The topological polar surface area (TPSA) is 50.7 Å². The number of halogens is 1. The number of hydrazone groups is 1. The van der Waals surface area contributed by atoms with Crippen molar-refractivity contribution >= 4 is 11.8 Å². The number of amides is 1. The lowest BCUT2D eigenvalue weighted by Crippen LogP contribution is -2.30. The minimum atomic E-state index is -0.611. The summed E-state index contributed by atoms with van der Waals surface area (Å²) in [7, 11) is 0. The highest BCUT2D eigenvalue weighted by molar-refractivity contribution is 6.00. The average Bonchev–Trinajstić information content (AvgIpc) is 2.29. The molecule has 104 valence electrons. The Bertz CT molecular complexity index is 461. The van der Waals surface area contributed by atoms with Gasteiger partial charge in [-0.05, 0) is 44.9 Å². The van der Waals surface area contributed by atoms with E-state index >= 15 is 0 Å². The molecule has 1 aromatic rings. The maximum atomic E-state index is 12.8. The van der Waals surface area contributed by atoms with Gasteiger partial charge >= 0.3 is 6.09 Å². The summed E-state index contributed by atoms with van der Waals surface area (Å²) in [6, 6.07) is 5.95. The van der Waals surface area contributed by atoms with Crippen LogP contribution in [0.5, 0.6) is 0 Å². The van der Waals surface area contributed by atoms with Gasteiger partial charge in [0.1, 0.15) is 11.4 Å². The summed E-state index contributed by atoms with van der Waals surface area (Å²) in [4.78, 5) is 11.5. The minimum absolute atomic E-state index is 0.306. The Morgan fingerprint density at radius 1 is 1.32 bits per heavy atom. The van der Waals surface area contributed by atoms with E-state index in [-0.39, 0.29) is 5.82 Å². The number of nitrogens with one attached hydrogen (secondary N) is 1. The van der Waals surface area contributed by atoms with Crippen LogP contribution in [-0.4, -0.2) is 17.4 Å². The summed E-state index contributed by atoms with van der Waals surface area (Å²) < 4.78 is 17.9. The van der Waals surface area contributed by atoms with Crippen LogP contribution in [0.3, 0.4) is 0 Å². The van der Waals surface area contributed by atoms with E-state index in [0.717, 1.165) is 5.56 Å². The zero-order valence-corrected chi connectivity index (χ0v) is 11.7. The van der Waals surface area contributed by atoms with Crippen molar-refractivity contribution in [1.29, 1.82) is 0 Å². The van der Waals surface area contributed by atoms with Gasteiger partial charge in [0.05, 0.1) is 5.71 Å². The van der Waals surface area contributed by atoms with E-state index in [1.54, 1.807) is 32.9 Å². The third kappa shape index (κ3) is 5.50. The zero-order valence-electron chi connectivity index (χ0n) is 11.7. The first-order chi connectivity index (χ1) is 8.81. The van der Waals surface area contributed by atoms with Gasteiger partial charge in [0.15, 0.2) is 0 Å². The lowest BCUT2D eigenvalue weighted by Gasteiger charge is -2.18. The third-order valence-electron chi connectivity index (χ3n) is 2.19. The summed E-state index contributed by atoms with van der Waals surface area (Å²) >= 11 is 0. The first kappa shape index (κ1) is 15.1. The third-order valence-corrected chi connectivity index (χ3v) is 2.19. The lowest BCUT2D eigenvalue weighted by molar-refractivity contribution is 0.0529. The smallest absolute Gasteiger partial charge is 0.428 e. The van der Waals surface area contributed by atoms with Crippen molar-refractivity contribution in [3.8, 4) is 0 Å². The predicted molar refractivity (Wildman–Crippen MR) is 72.6 cm³/mol. The molecule has 0 aliphatic heterocycles. The number of carbonyl (C=O) groups is 1.